The van der Waals surface area contributed by atoms with Gasteiger partial charge in [-0.2, -0.15) is 0 Å². The van der Waals surface area contributed by atoms with Crippen LogP contribution in [0.25, 0.3) is 0 Å². The van der Waals surface area contributed by atoms with E-state index in [1.54, 1.807) is 24.3 Å². The summed E-state index contributed by atoms with van der Waals surface area (Å²) in [6.45, 7) is 0.127. The number of hydrogen-bond acceptors (Lipinski definition) is 5. The quantitative estimate of drug-likeness (QED) is 0.587. The van der Waals surface area contributed by atoms with Crippen LogP contribution in [0, 0.1) is 0 Å². The summed E-state index contributed by atoms with van der Waals surface area (Å²) in [6, 6.07) is 14.4. The maximum atomic E-state index is 12.9. The van der Waals surface area contributed by atoms with Crippen LogP contribution in [0.3, 0.4) is 0 Å². The molecule has 1 N–H and O–H groups in total. The Hall–Kier alpha value is -2.61. The van der Waals surface area contributed by atoms with Crippen molar-refractivity contribution in [3.8, 4) is 0 Å². The van der Waals surface area contributed by atoms with Crippen molar-refractivity contribution in [3.63, 3.8) is 0 Å². The minimum atomic E-state index is -3.95. The molecule has 0 bridgehead atoms. The zero-order valence-electron chi connectivity index (χ0n) is 13.4. The van der Waals surface area contributed by atoms with Crippen molar-refractivity contribution in [3.05, 3.63) is 87.1 Å². The van der Waals surface area contributed by atoms with E-state index in [1.807, 2.05) is 17.5 Å². The summed E-state index contributed by atoms with van der Waals surface area (Å²) in [7, 11) is -3.95. The van der Waals surface area contributed by atoms with E-state index < -0.39 is 15.8 Å². The molecule has 130 valence electrons. The second kappa shape index (κ2) is 6.28. The predicted octanol–water partition coefficient (Wildman–Crippen LogP) is 3.00. The van der Waals surface area contributed by atoms with Gasteiger partial charge in [0, 0.05) is 28.1 Å². The normalized spacial score (nSPS) is 13.4. The number of ketones is 2. The minimum Gasteiger partial charge on any atom is -0.289 e. The molecule has 5 nitrogen and oxygen atoms in total. The number of hydrogen-bond donors (Lipinski definition) is 1. The Morgan fingerprint density at radius 1 is 0.808 bits per heavy atom. The SMILES string of the molecule is O=C1c2ccccc2C(=O)c2c1cccc2S(=O)(=O)NCc1cccs1. The van der Waals surface area contributed by atoms with Crippen LogP contribution in [0.2, 0.25) is 0 Å². The van der Waals surface area contributed by atoms with Crippen LogP contribution in [0.5, 0.6) is 0 Å². The number of carbonyl (C=O) groups is 2. The molecule has 0 atom stereocenters. The second-order valence-electron chi connectivity index (χ2n) is 5.79. The molecule has 0 spiro atoms. The Kier molecular flexibility index (Phi) is 4.07. The van der Waals surface area contributed by atoms with Gasteiger partial charge in [-0.05, 0) is 17.5 Å². The van der Waals surface area contributed by atoms with Crippen molar-refractivity contribution in [2.24, 2.45) is 0 Å². The van der Waals surface area contributed by atoms with Crippen molar-refractivity contribution in [1.29, 1.82) is 0 Å². The summed E-state index contributed by atoms with van der Waals surface area (Å²) in [4.78, 5) is 26.3. The summed E-state index contributed by atoms with van der Waals surface area (Å²) in [5.41, 5.74) is 0.583. The summed E-state index contributed by atoms with van der Waals surface area (Å²) >= 11 is 1.43. The highest BCUT2D eigenvalue weighted by atomic mass is 32.2. The molecular weight excluding hydrogens is 370 g/mol. The molecule has 0 aliphatic heterocycles. The maximum absolute atomic E-state index is 12.9. The molecule has 4 rings (SSSR count). The van der Waals surface area contributed by atoms with Gasteiger partial charge in [0.15, 0.2) is 11.6 Å². The summed E-state index contributed by atoms with van der Waals surface area (Å²) in [5, 5.41) is 1.85. The van der Waals surface area contributed by atoms with Gasteiger partial charge in [-0.25, -0.2) is 13.1 Å². The van der Waals surface area contributed by atoms with Gasteiger partial charge in [0.05, 0.1) is 10.5 Å². The number of carbonyl (C=O) groups excluding carboxylic acids is 2. The van der Waals surface area contributed by atoms with E-state index in [-0.39, 0.29) is 33.9 Å². The first-order chi connectivity index (χ1) is 12.5. The topological polar surface area (TPSA) is 80.3 Å². The Morgan fingerprint density at radius 3 is 2.19 bits per heavy atom. The molecule has 1 aliphatic carbocycles. The fourth-order valence-corrected chi connectivity index (χ4v) is 4.96. The van der Waals surface area contributed by atoms with Crippen LogP contribution in [-0.2, 0) is 16.6 Å². The molecule has 0 saturated heterocycles. The summed E-state index contributed by atoms with van der Waals surface area (Å²) in [6.07, 6.45) is 0. The van der Waals surface area contributed by atoms with Crippen molar-refractivity contribution in [1.82, 2.24) is 4.72 Å². The molecule has 0 unspecified atom stereocenters. The van der Waals surface area contributed by atoms with E-state index in [4.69, 9.17) is 0 Å². The zero-order valence-corrected chi connectivity index (χ0v) is 15.1. The standard InChI is InChI=1S/C19H13NO4S2/c21-18-13-6-1-2-7-14(13)19(22)17-15(18)8-3-9-16(17)26(23,24)20-11-12-5-4-10-25-12/h1-10,20H,11H2. The van der Waals surface area contributed by atoms with Gasteiger partial charge in [0.2, 0.25) is 10.0 Å². The fourth-order valence-electron chi connectivity index (χ4n) is 2.99. The number of benzene rings is 2. The highest BCUT2D eigenvalue weighted by molar-refractivity contribution is 7.89. The van der Waals surface area contributed by atoms with Gasteiger partial charge in [-0.3, -0.25) is 9.59 Å². The minimum absolute atomic E-state index is 0.0603. The van der Waals surface area contributed by atoms with Crippen LogP contribution in [0.4, 0.5) is 0 Å². The first-order valence-corrected chi connectivity index (χ1v) is 10.2. The molecule has 1 aromatic heterocycles. The number of fused-ring (bicyclic) bond motifs is 2. The molecule has 0 saturated carbocycles. The summed E-state index contributed by atoms with van der Waals surface area (Å²) < 4.78 is 28.1. The van der Waals surface area contributed by atoms with Crippen LogP contribution >= 0.6 is 11.3 Å². The number of thiophene rings is 1. The lowest BCUT2D eigenvalue weighted by Gasteiger charge is -2.20. The van der Waals surface area contributed by atoms with E-state index in [9.17, 15) is 18.0 Å². The van der Waals surface area contributed by atoms with Crippen molar-refractivity contribution < 1.29 is 18.0 Å². The van der Waals surface area contributed by atoms with Gasteiger partial charge in [-0.1, -0.05) is 42.5 Å². The van der Waals surface area contributed by atoms with Crippen LogP contribution in [0.15, 0.2) is 64.9 Å². The molecule has 1 heterocycles. The van der Waals surface area contributed by atoms with Gasteiger partial charge < -0.3 is 0 Å². The fraction of sp³-hybridized carbons (Fsp3) is 0.0526. The smallest absolute Gasteiger partial charge is 0.241 e. The van der Waals surface area contributed by atoms with Crippen LogP contribution < -0.4 is 4.72 Å². The molecular formula is C19H13NO4S2. The van der Waals surface area contributed by atoms with Crippen molar-refractivity contribution >= 4 is 32.9 Å². The van der Waals surface area contributed by atoms with Gasteiger partial charge in [0.1, 0.15) is 0 Å². The monoisotopic (exact) mass is 383 g/mol. The molecule has 1 aliphatic rings. The Labute approximate surface area is 154 Å². The Balaban J connectivity index is 1.80. The molecule has 26 heavy (non-hydrogen) atoms. The highest BCUT2D eigenvalue weighted by Gasteiger charge is 2.34. The molecule has 3 aromatic rings. The maximum Gasteiger partial charge on any atom is 0.241 e. The Bertz CT molecular complexity index is 1130. The van der Waals surface area contributed by atoms with Crippen molar-refractivity contribution in [2.45, 2.75) is 11.4 Å². The molecule has 0 amide bonds. The zero-order chi connectivity index (χ0) is 18.3. The number of nitrogens with one attached hydrogen (secondary N) is 1. The van der Waals surface area contributed by atoms with Crippen molar-refractivity contribution in [2.75, 3.05) is 0 Å². The lowest BCUT2D eigenvalue weighted by molar-refractivity contribution is 0.0976. The van der Waals surface area contributed by atoms with Gasteiger partial charge in [-0.15, -0.1) is 11.3 Å². The van der Waals surface area contributed by atoms with Gasteiger partial charge >= 0.3 is 0 Å². The van der Waals surface area contributed by atoms with E-state index in [2.05, 4.69) is 4.72 Å². The highest BCUT2D eigenvalue weighted by Crippen LogP contribution is 2.31. The van der Waals surface area contributed by atoms with Gasteiger partial charge in [0.25, 0.3) is 0 Å². The Morgan fingerprint density at radius 2 is 1.50 bits per heavy atom. The van der Waals surface area contributed by atoms with E-state index in [0.717, 1.165) is 4.88 Å². The predicted molar refractivity (Wildman–Crippen MR) is 98.1 cm³/mol. The summed E-state index contributed by atoms with van der Waals surface area (Å²) in [5.74, 6) is -0.794. The van der Waals surface area contributed by atoms with E-state index in [0.29, 0.717) is 5.56 Å². The molecule has 7 heteroatoms. The third-order valence-electron chi connectivity index (χ3n) is 4.22. The molecule has 0 radical (unpaired) electrons. The second-order valence-corrected chi connectivity index (χ2v) is 8.55. The lowest BCUT2D eigenvalue weighted by Crippen LogP contribution is -2.28. The van der Waals surface area contributed by atoms with E-state index in [1.165, 1.54) is 29.5 Å². The first kappa shape index (κ1) is 16.8. The molecule has 2 aromatic carbocycles. The third-order valence-corrected chi connectivity index (χ3v) is 6.54. The average Bonchev–Trinajstić information content (AvgIpc) is 3.18. The van der Waals surface area contributed by atoms with E-state index >= 15 is 0 Å². The third kappa shape index (κ3) is 2.70. The number of rotatable bonds is 4. The lowest BCUT2D eigenvalue weighted by atomic mass is 9.84. The largest absolute Gasteiger partial charge is 0.289 e. The average molecular weight is 383 g/mol. The van der Waals surface area contributed by atoms with Crippen LogP contribution in [-0.4, -0.2) is 20.0 Å². The number of sulfonamides is 1. The molecule has 0 fully saturated rings. The first-order valence-electron chi connectivity index (χ1n) is 7.82. The van der Waals surface area contributed by atoms with Crippen LogP contribution in [0.1, 0.15) is 36.7 Å².